The average Bonchev–Trinajstić information content (AvgIpc) is 3.24. The number of hydrogen-bond acceptors (Lipinski definition) is 3. The van der Waals surface area contributed by atoms with Gasteiger partial charge in [0.05, 0.1) is 0 Å². The maximum atomic E-state index is 4.41. The Kier molecular flexibility index (Phi) is 8.19. The molecule has 3 rings (SSSR count). The molecule has 0 saturated heterocycles. The monoisotopic (exact) mass is 474 g/mol. The Balaban J connectivity index is 0.00000225. The number of nitrogens with zero attached hydrogens (tertiary/aromatic N) is 2. The molecule has 4 nitrogen and oxygen atoms in total. The summed E-state index contributed by atoms with van der Waals surface area (Å²) in [5.74, 6) is 0.945. The van der Waals surface area contributed by atoms with Gasteiger partial charge in [0.1, 0.15) is 0 Å². The van der Waals surface area contributed by atoms with Gasteiger partial charge < -0.3 is 15.5 Å². The lowest BCUT2D eigenvalue weighted by atomic mass is 10.2. The number of fused-ring (bicyclic) bond motifs is 1. The first-order valence-corrected chi connectivity index (χ1v) is 10.3. The van der Waals surface area contributed by atoms with Crippen LogP contribution in [0.2, 0.25) is 0 Å². The molecule has 1 aliphatic heterocycles. The summed E-state index contributed by atoms with van der Waals surface area (Å²) in [5.41, 5.74) is 2.87. The van der Waals surface area contributed by atoms with Crippen LogP contribution in [0.4, 0.5) is 5.69 Å². The summed E-state index contributed by atoms with van der Waals surface area (Å²) < 4.78 is 0. The minimum atomic E-state index is 0. The molecule has 1 saturated carbocycles. The van der Waals surface area contributed by atoms with E-state index in [1.54, 1.807) is 0 Å². The van der Waals surface area contributed by atoms with Gasteiger partial charge in [0.25, 0.3) is 0 Å². The first kappa shape index (κ1) is 20.7. The van der Waals surface area contributed by atoms with Crippen LogP contribution in [0.3, 0.4) is 0 Å². The SMILES string of the molecule is CN=C(NCC(C)N1CCc2ccccc21)NC1CCC(SC)C1.I. The number of benzene rings is 1. The first-order chi connectivity index (χ1) is 11.7. The minimum absolute atomic E-state index is 0. The summed E-state index contributed by atoms with van der Waals surface area (Å²) >= 11 is 1.99. The summed E-state index contributed by atoms with van der Waals surface area (Å²) in [6.07, 6.45) is 7.19. The maximum Gasteiger partial charge on any atom is 0.191 e. The number of aliphatic imine (C=N–C) groups is 1. The predicted molar refractivity (Wildman–Crippen MR) is 122 cm³/mol. The molecule has 1 aliphatic carbocycles. The Morgan fingerprint density at radius 1 is 1.36 bits per heavy atom. The topological polar surface area (TPSA) is 39.7 Å². The third-order valence-corrected chi connectivity index (χ3v) is 6.40. The van der Waals surface area contributed by atoms with E-state index < -0.39 is 0 Å². The van der Waals surface area contributed by atoms with Gasteiger partial charge in [0, 0.05) is 43.2 Å². The van der Waals surface area contributed by atoms with Gasteiger partial charge in [0.15, 0.2) is 5.96 Å². The zero-order valence-corrected chi connectivity index (χ0v) is 18.6. The minimum Gasteiger partial charge on any atom is -0.366 e. The van der Waals surface area contributed by atoms with Crippen LogP contribution in [-0.4, -0.2) is 49.7 Å². The van der Waals surface area contributed by atoms with Gasteiger partial charge in [-0.25, -0.2) is 0 Å². The van der Waals surface area contributed by atoms with Crippen molar-refractivity contribution < 1.29 is 0 Å². The Bertz CT molecular complexity index is 580. The highest BCUT2D eigenvalue weighted by atomic mass is 127. The second-order valence-corrected chi connectivity index (χ2v) is 8.02. The Labute approximate surface area is 173 Å². The molecule has 3 unspecified atom stereocenters. The van der Waals surface area contributed by atoms with E-state index in [9.17, 15) is 0 Å². The van der Waals surface area contributed by atoms with E-state index in [2.05, 4.69) is 58.0 Å². The summed E-state index contributed by atoms with van der Waals surface area (Å²) in [4.78, 5) is 6.92. The Morgan fingerprint density at radius 3 is 2.88 bits per heavy atom. The first-order valence-electron chi connectivity index (χ1n) is 9.05. The van der Waals surface area contributed by atoms with Crippen molar-refractivity contribution in [3.63, 3.8) is 0 Å². The summed E-state index contributed by atoms with van der Waals surface area (Å²) in [6, 6.07) is 9.79. The fourth-order valence-electron chi connectivity index (χ4n) is 3.85. The normalized spacial score (nSPS) is 23.8. The van der Waals surface area contributed by atoms with Crippen molar-refractivity contribution in [2.45, 2.75) is 49.9 Å². The van der Waals surface area contributed by atoms with Crippen molar-refractivity contribution in [2.24, 2.45) is 4.99 Å². The number of nitrogens with one attached hydrogen (secondary N) is 2. The van der Waals surface area contributed by atoms with Crippen molar-refractivity contribution in [1.29, 1.82) is 0 Å². The van der Waals surface area contributed by atoms with E-state index >= 15 is 0 Å². The molecule has 140 valence electrons. The van der Waals surface area contributed by atoms with Crippen LogP contribution in [0, 0.1) is 0 Å². The van der Waals surface area contributed by atoms with Crippen LogP contribution >= 0.6 is 35.7 Å². The van der Waals surface area contributed by atoms with Gasteiger partial charge in [-0.3, -0.25) is 4.99 Å². The van der Waals surface area contributed by atoms with Crippen LogP contribution in [0.25, 0.3) is 0 Å². The molecule has 1 fully saturated rings. The highest BCUT2D eigenvalue weighted by Crippen LogP contribution is 2.29. The molecule has 0 radical (unpaired) electrons. The molecule has 6 heteroatoms. The molecule has 2 aliphatic rings. The van der Waals surface area contributed by atoms with Crippen molar-refractivity contribution in [1.82, 2.24) is 10.6 Å². The van der Waals surface area contributed by atoms with Crippen molar-refractivity contribution in [3.05, 3.63) is 29.8 Å². The number of hydrogen-bond donors (Lipinski definition) is 2. The number of guanidine groups is 1. The van der Waals surface area contributed by atoms with E-state index in [0.717, 1.165) is 30.7 Å². The number of anilines is 1. The number of thioether (sulfide) groups is 1. The fraction of sp³-hybridized carbons (Fsp3) is 0.632. The van der Waals surface area contributed by atoms with Crippen molar-refractivity contribution in [3.8, 4) is 0 Å². The molecular weight excluding hydrogens is 443 g/mol. The zero-order chi connectivity index (χ0) is 16.9. The van der Waals surface area contributed by atoms with Crippen molar-refractivity contribution in [2.75, 3.05) is 31.3 Å². The van der Waals surface area contributed by atoms with Crippen LogP contribution in [-0.2, 0) is 6.42 Å². The molecule has 1 aromatic rings. The van der Waals surface area contributed by atoms with Gasteiger partial charge in [-0.15, -0.1) is 24.0 Å². The van der Waals surface area contributed by atoms with E-state index in [4.69, 9.17) is 0 Å². The standard InChI is InChI=1S/C19H30N4S.HI/c1-14(23-11-10-15-6-4-5-7-18(15)23)13-21-19(20-2)22-16-8-9-17(12-16)24-3;/h4-7,14,16-17H,8-13H2,1-3H3,(H2,20,21,22);1H. The molecule has 0 aromatic heterocycles. The smallest absolute Gasteiger partial charge is 0.191 e. The third kappa shape index (κ3) is 5.18. The van der Waals surface area contributed by atoms with E-state index in [-0.39, 0.29) is 24.0 Å². The van der Waals surface area contributed by atoms with E-state index in [1.807, 2.05) is 18.8 Å². The number of halogens is 1. The maximum absolute atomic E-state index is 4.41. The van der Waals surface area contributed by atoms with Crippen molar-refractivity contribution >= 4 is 47.4 Å². The van der Waals surface area contributed by atoms with Crippen LogP contribution in [0.1, 0.15) is 31.7 Å². The molecule has 25 heavy (non-hydrogen) atoms. The highest BCUT2D eigenvalue weighted by molar-refractivity contribution is 14.0. The summed E-state index contributed by atoms with van der Waals surface area (Å²) in [6.45, 7) is 4.32. The second kappa shape index (κ2) is 9.90. The lowest BCUT2D eigenvalue weighted by molar-refractivity contribution is 0.591. The molecule has 0 spiro atoms. The Hall–Kier alpha value is -0.630. The van der Waals surface area contributed by atoms with Crippen LogP contribution in [0.5, 0.6) is 0 Å². The number of rotatable bonds is 5. The lowest BCUT2D eigenvalue weighted by Gasteiger charge is -2.28. The summed E-state index contributed by atoms with van der Waals surface area (Å²) in [5, 5.41) is 7.94. The molecule has 1 aromatic carbocycles. The van der Waals surface area contributed by atoms with E-state index in [1.165, 1.54) is 30.5 Å². The zero-order valence-electron chi connectivity index (χ0n) is 15.5. The van der Waals surface area contributed by atoms with Gasteiger partial charge in [0.2, 0.25) is 0 Å². The van der Waals surface area contributed by atoms with Gasteiger partial charge >= 0.3 is 0 Å². The number of para-hydroxylation sites is 1. The Morgan fingerprint density at radius 2 is 2.16 bits per heavy atom. The van der Waals surface area contributed by atoms with Gasteiger partial charge in [-0.2, -0.15) is 11.8 Å². The molecule has 1 heterocycles. The third-order valence-electron chi connectivity index (χ3n) is 5.30. The molecule has 0 bridgehead atoms. The molecule has 2 N–H and O–H groups in total. The van der Waals surface area contributed by atoms with Gasteiger partial charge in [-0.05, 0) is 50.5 Å². The van der Waals surface area contributed by atoms with Crippen LogP contribution in [0.15, 0.2) is 29.3 Å². The van der Waals surface area contributed by atoms with E-state index in [0.29, 0.717) is 12.1 Å². The average molecular weight is 474 g/mol. The molecule has 0 amide bonds. The molecular formula is C19H31IN4S. The highest BCUT2D eigenvalue weighted by Gasteiger charge is 2.25. The van der Waals surface area contributed by atoms with Crippen LogP contribution < -0.4 is 15.5 Å². The second-order valence-electron chi connectivity index (χ2n) is 6.89. The summed E-state index contributed by atoms with van der Waals surface area (Å²) in [7, 11) is 1.87. The largest absolute Gasteiger partial charge is 0.366 e. The fourth-order valence-corrected chi connectivity index (χ4v) is 4.65. The lowest BCUT2D eigenvalue weighted by Crippen LogP contribution is -2.48. The quantitative estimate of drug-likeness (QED) is 0.390. The van der Waals surface area contributed by atoms with Gasteiger partial charge in [-0.1, -0.05) is 18.2 Å². The molecule has 3 atom stereocenters. The predicted octanol–water partition coefficient (Wildman–Crippen LogP) is 3.50.